The zero-order valence-corrected chi connectivity index (χ0v) is 23.7. The number of fused-ring (bicyclic) bond motifs is 2. The van der Waals surface area contributed by atoms with Gasteiger partial charge in [0.25, 0.3) is 5.91 Å². The van der Waals surface area contributed by atoms with Crippen LogP contribution in [0.4, 0.5) is 8.78 Å². The summed E-state index contributed by atoms with van der Waals surface area (Å²) in [6.45, 7) is 4.19. The van der Waals surface area contributed by atoms with Crippen LogP contribution < -0.4 is 9.47 Å². The van der Waals surface area contributed by atoms with Crippen molar-refractivity contribution in [3.63, 3.8) is 0 Å². The van der Waals surface area contributed by atoms with Crippen LogP contribution in [0.1, 0.15) is 75.3 Å². The molecule has 1 amide bonds. The molecule has 4 atom stereocenters. The molecule has 5 aliphatic rings. The minimum absolute atomic E-state index is 0.00452. The van der Waals surface area contributed by atoms with Crippen molar-refractivity contribution in [3.8, 4) is 11.5 Å². The van der Waals surface area contributed by atoms with Gasteiger partial charge in [0.05, 0.1) is 12.8 Å². The maximum absolute atomic E-state index is 13.9. The highest BCUT2D eigenvalue weighted by molar-refractivity contribution is 5.94. The topological polar surface area (TPSA) is 57.8 Å². The number of piperidine rings is 2. The van der Waals surface area contributed by atoms with Crippen LogP contribution in [0.25, 0.3) is 0 Å². The Balaban J connectivity index is 1.13. The number of hydrogen-bond acceptors (Lipinski definition) is 4. The number of likely N-dealkylation sites (tertiary alicyclic amines) is 2. The van der Waals surface area contributed by atoms with E-state index in [2.05, 4.69) is 29.9 Å². The first kappa shape index (κ1) is 25.3. The molecule has 2 bridgehead atoms. The van der Waals surface area contributed by atoms with E-state index in [1.165, 1.54) is 28.8 Å². The molecule has 3 aromatic rings. The highest BCUT2D eigenvalue weighted by atomic mass is 19.1. The molecule has 214 valence electrons. The summed E-state index contributed by atoms with van der Waals surface area (Å²) in [5, 5.41) is 0. The van der Waals surface area contributed by atoms with Gasteiger partial charge in [-0.3, -0.25) is 4.79 Å². The van der Waals surface area contributed by atoms with Gasteiger partial charge in [-0.25, -0.2) is 8.78 Å². The number of hydrogen-bond donors (Lipinski definition) is 1. The molecule has 1 unspecified atom stereocenters. The second-order valence-electron chi connectivity index (χ2n) is 12.8. The number of benzene rings is 2. The molecule has 2 fully saturated rings. The first-order valence-electron chi connectivity index (χ1n) is 14.8. The monoisotopic (exact) mass is 559 g/mol. The van der Waals surface area contributed by atoms with Crippen LogP contribution >= 0.6 is 0 Å². The SMILES string of the molecule is COc1ccc2c3c1O[C@H]1c4[nH]c(C(=O)N5CCC(c6cc(F)cc(F)c6)CC5)c(C)c4C[C@H]4[C@H](C2)N(C)CCC314. The zero-order chi connectivity index (χ0) is 28.2. The smallest absolute Gasteiger partial charge is 0.270 e. The lowest BCUT2D eigenvalue weighted by Crippen LogP contribution is -2.62. The van der Waals surface area contributed by atoms with Crippen molar-refractivity contribution < 1.29 is 23.0 Å². The normalized spacial score (nSPS) is 28.2. The summed E-state index contributed by atoms with van der Waals surface area (Å²) < 4.78 is 40.3. The highest BCUT2D eigenvalue weighted by Crippen LogP contribution is 2.67. The quantitative estimate of drug-likeness (QED) is 0.465. The molecular formula is C33H35F2N3O3. The molecule has 4 heterocycles. The number of aromatic amines is 1. The van der Waals surface area contributed by atoms with Gasteiger partial charge < -0.3 is 24.3 Å². The minimum atomic E-state index is -0.553. The first-order chi connectivity index (χ1) is 19.8. The molecule has 8 heteroatoms. The Morgan fingerprint density at radius 3 is 2.59 bits per heavy atom. The molecule has 6 nitrogen and oxygen atoms in total. The number of halogens is 2. The van der Waals surface area contributed by atoms with E-state index in [1.54, 1.807) is 7.11 Å². The number of nitrogens with one attached hydrogen (secondary N) is 1. The molecule has 2 aromatic carbocycles. The Morgan fingerprint density at radius 1 is 1.10 bits per heavy atom. The van der Waals surface area contributed by atoms with Crippen molar-refractivity contribution in [2.24, 2.45) is 5.92 Å². The Bertz CT molecular complexity index is 1570. The first-order valence-corrected chi connectivity index (χ1v) is 14.8. The van der Waals surface area contributed by atoms with Gasteiger partial charge >= 0.3 is 0 Å². The lowest BCUT2D eigenvalue weighted by molar-refractivity contribution is -0.0256. The maximum atomic E-state index is 13.9. The van der Waals surface area contributed by atoms with E-state index in [0.717, 1.165) is 54.6 Å². The van der Waals surface area contributed by atoms with Crippen molar-refractivity contribution in [2.45, 2.75) is 62.5 Å². The van der Waals surface area contributed by atoms with Gasteiger partial charge in [-0.2, -0.15) is 0 Å². The lowest BCUT2D eigenvalue weighted by atomic mass is 9.51. The van der Waals surface area contributed by atoms with Gasteiger partial charge in [0.1, 0.15) is 23.4 Å². The predicted octanol–water partition coefficient (Wildman–Crippen LogP) is 5.43. The van der Waals surface area contributed by atoms with Crippen molar-refractivity contribution in [3.05, 3.63) is 81.2 Å². The van der Waals surface area contributed by atoms with Gasteiger partial charge in [0, 0.05) is 36.2 Å². The van der Waals surface area contributed by atoms with Crippen LogP contribution in [0.2, 0.25) is 0 Å². The van der Waals surface area contributed by atoms with Crippen LogP contribution in [-0.2, 0) is 18.3 Å². The van der Waals surface area contributed by atoms with E-state index >= 15 is 0 Å². The molecule has 1 N–H and O–H groups in total. The zero-order valence-electron chi connectivity index (χ0n) is 23.7. The Kier molecular flexibility index (Phi) is 5.44. The van der Waals surface area contributed by atoms with Crippen LogP contribution in [-0.4, -0.2) is 60.5 Å². The summed E-state index contributed by atoms with van der Waals surface area (Å²) >= 11 is 0. The number of rotatable bonds is 3. The summed E-state index contributed by atoms with van der Waals surface area (Å²) in [5.74, 6) is 0.994. The number of carbonyl (C=O) groups is 1. The molecule has 3 aliphatic heterocycles. The van der Waals surface area contributed by atoms with Gasteiger partial charge in [-0.05, 0) is 105 Å². The van der Waals surface area contributed by atoms with E-state index in [1.807, 2.05) is 11.0 Å². The van der Waals surface area contributed by atoms with Crippen molar-refractivity contribution in [2.75, 3.05) is 33.8 Å². The average Bonchev–Trinajstić information content (AvgIpc) is 3.48. The van der Waals surface area contributed by atoms with E-state index in [9.17, 15) is 13.6 Å². The average molecular weight is 560 g/mol. The van der Waals surface area contributed by atoms with E-state index in [4.69, 9.17) is 9.47 Å². The number of methoxy groups -OCH3 is 1. The van der Waals surface area contributed by atoms with Crippen molar-refractivity contribution in [1.82, 2.24) is 14.8 Å². The number of carbonyl (C=O) groups excluding carboxylic acids is 1. The molecule has 2 saturated heterocycles. The molecule has 41 heavy (non-hydrogen) atoms. The summed E-state index contributed by atoms with van der Waals surface area (Å²) in [6, 6.07) is 8.43. The number of likely N-dealkylation sites (N-methyl/N-ethyl adjacent to an activating group) is 1. The molecular weight excluding hydrogens is 524 g/mol. The summed E-state index contributed by atoms with van der Waals surface area (Å²) in [7, 11) is 3.95. The highest BCUT2D eigenvalue weighted by Gasteiger charge is 2.65. The molecule has 1 aromatic heterocycles. The van der Waals surface area contributed by atoms with E-state index in [-0.39, 0.29) is 23.3 Å². The standard InChI is InChI=1S/C33H35F2N3O3/c1-17-23-16-24-25-14-19-4-5-26(40-3)30-27(19)33(24,8-11-37(25)2)31(41-30)29(23)36-28(17)32(39)38-9-6-18(7-10-38)20-12-21(34)15-22(35)13-20/h4-5,12-13,15,18,24-25,31,36H,6-11,14,16H2,1-3H3/t24-,25-,31-,33?/m0/s1. The molecule has 8 rings (SSSR count). The number of H-pyrrole nitrogens is 1. The number of aromatic nitrogens is 1. The predicted molar refractivity (Wildman–Crippen MR) is 150 cm³/mol. The van der Waals surface area contributed by atoms with Crippen LogP contribution in [0, 0.1) is 24.5 Å². The van der Waals surface area contributed by atoms with Gasteiger partial charge in [0.2, 0.25) is 0 Å². The number of amides is 1. The summed E-state index contributed by atoms with van der Waals surface area (Å²) in [5.41, 5.74) is 7.17. The van der Waals surface area contributed by atoms with Gasteiger partial charge in [-0.15, -0.1) is 0 Å². The fourth-order valence-electron chi connectivity index (χ4n) is 9.04. The third kappa shape index (κ3) is 3.40. The molecule has 2 aliphatic carbocycles. The van der Waals surface area contributed by atoms with Crippen LogP contribution in [0.3, 0.4) is 0 Å². The third-order valence-electron chi connectivity index (χ3n) is 11.0. The largest absolute Gasteiger partial charge is 0.493 e. The van der Waals surface area contributed by atoms with Gasteiger partial charge in [-0.1, -0.05) is 6.07 Å². The number of ether oxygens (including phenoxy) is 2. The number of nitrogens with zero attached hydrogens (tertiary/aromatic N) is 2. The molecule has 0 radical (unpaired) electrons. The van der Waals surface area contributed by atoms with E-state index in [0.29, 0.717) is 49.1 Å². The fraction of sp³-hybridized carbons (Fsp3) is 0.485. The fourth-order valence-corrected chi connectivity index (χ4v) is 9.04. The Morgan fingerprint density at radius 2 is 1.85 bits per heavy atom. The Labute approximate surface area is 238 Å². The Hall–Kier alpha value is -3.39. The second-order valence-corrected chi connectivity index (χ2v) is 12.8. The lowest BCUT2D eigenvalue weighted by Gasteiger charge is -2.57. The third-order valence-corrected chi connectivity index (χ3v) is 11.0. The maximum Gasteiger partial charge on any atom is 0.270 e. The van der Waals surface area contributed by atoms with Crippen LogP contribution in [0.15, 0.2) is 30.3 Å². The summed E-state index contributed by atoms with van der Waals surface area (Å²) in [6.07, 6.45) is 4.11. The van der Waals surface area contributed by atoms with Gasteiger partial charge in [0.15, 0.2) is 11.5 Å². The second kappa shape index (κ2) is 8.81. The summed E-state index contributed by atoms with van der Waals surface area (Å²) in [4.78, 5) is 22.0. The minimum Gasteiger partial charge on any atom is -0.493 e. The van der Waals surface area contributed by atoms with Crippen molar-refractivity contribution >= 4 is 5.91 Å². The van der Waals surface area contributed by atoms with E-state index < -0.39 is 11.6 Å². The van der Waals surface area contributed by atoms with Crippen molar-refractivity contribution in [1.29, 1.82) is 0 Å². The molecule has 0 saturated carbocycles. The molecule has 1 spiro atoms. The van der Waals surface area contributed by atoms with Crippen LogP contribution in [0.5, 0.6) is 11.5 Å².